The molecule has 0 aliphatic carbocycles. The van der Waals surface area contributed by atoms with Gasteiger partial charge >= 0.3 is 0 Å². The van der Waals surface area contributed by atoms with Crippen LogP contribution in [0.3, 0.4) is 0 Å². The highest BCUT2D eigenvalue weighted by molar-refractivity contribution is 7.92. The maximum absolute atomic E-state index is 14.3. The highest BCUT2D eigenvalue weighted by atomic mass is 32.2. The van der Waals surface area contributed by atoms with E-state index in [9.17, 15) is 8.42 Å². The summed E-state index contributed by atoms with van der Waals surface area (Å²) in [5.41, 5.74) is 11.0. The Hall–Kier alpha value is -5.63. The normalized spacial score (nSPS) is 15.3. The van der Waals surface area contributed by atoms with Crippen LogP contribution in [0.25, 0.3) is 0 Å². The molecule has 4 nitrogen and oxygen atoms in total. The SMILES string of the molecule is CC(C)c1cc(C(C)C)c(B2c3ccccc3Oc3cc(N4c5ccccc5[Si]5(c6ccccc64)c4ccccc4S(=O)(=O)c4ccccc45)ccc32)c(C(C)C)c1. The molecule has 7 heteroatoms. The van der Waals surface area contributed by atoms with Gasteiger partial charge in [-0.3, -0.25) is 0 Å². The lowest BCUT2D eigenvalue weighted by atomic mass is 9.34. The van der Waals surface area contributed by atoms with E-state index in [0.29, 0.717) is 27.5 Å². The number of benzene rings is 7. The van der Waals surface area contributed by atoms with Gasteiger partial charge in [-0.15, -0.1) is 0 Å². The number of fused-ring (bicyclic) bond motifs is 10. The number of rotatable bonds is 5. The van der Waals surface area contributed by atoms with Gasteiger partial charge in [0.05, 0.1) is 9.79 Å². The minimum Gasteiger partial charge on any atom is -0.458 e. The highest BCUT2D eigenvalue weighted by Crippen LogP contribution is 2.42. The number of sulfone groups is 1. The molecular weight excluding hydrogens is 746 g/mol. The summed E-state index contributed by atoms with van der Waals surface area (Å²) in [6.45, 7) is 13.9. The fourth-order valence-electron chi connectivity index (χ4n) is 10.1. The summed E-state index contributed by atoms with van der Waals surface area (Å²) >= 11 is 0. The minimum absolute atomic E-state index is 0.00110. The fraction of sp³-hybridized carbons (Fsp3) is 0.176. The van der Waals surface area contributed by atoms with Crippen LogP contribution in [0.2, 0.25) is 0 Å². The molecule has 0 aromatic heterocycles. The van der Waals surface area contributed by atoms with Crippen LogP contribution in [0, 0.1) is 0 Å². The lowest BCUT2D eigenvalue weighted by Gasteiger charge is -2.47. The van der Waals surface area contributed by atoms with Crippen LogP contribution in [0.5, 0.6) is 11.5 Å². The number of hydrogen-bond acceptors (Lipinski definition) is 4. The maximum Gasteiger partial charge on any atom is 0.251 e. The Morgan fingerprint density at radius 1 is 0.517 bits per heavy atom. The predicted octanol–water partition coefficient (Wildman–Crippen LogP) is 7.99. The van der Waals surface area contributed by atoms with Gasteiger partial charge in [-0.25, -0.2) is 8.42 Å². The van der Waals surface area contributed by atoms with Gasteiger partial charge in [-0.2, -0.15) is 0 Å². The van der Waals surface area contributed by atoms with Crippen molar-refractivity contribution in [3.05, 3.63) is 168 Å². The van der Waals surface area contributed by atoms with Gasteiger partial charge in [0.25, 0.3) is 6.71 Å². The molecular formula is C51H46BNO3SSi. The van der Waals surface area contributed by atoms with Crippen molar-refractivity contribution in [3.8, 4) is 11.5 Å². The first-order chi connectivity index (χ1) is 28.0. The van der Waals surface area contributed by atoms with Gasteiger partial charge in [0.15, 0.2) is 8.07 Å². The first kappa shape index (κ1) is 36.7. The molecule has 0 bridgehead atoms. The monoisotopic (exact) mass is 791 g/mol. The van der Waals surface area contributed by atoms with E-state index in [2.05, 4.69) is 162 Å². The molecule has 1 spiro atoms. The number of nitrogens with zero attached hydrogens (tertiary/aromatic N) is 1. The van der Waals surface area contributed by atoms with Gasteiger partial charge in [0.1, 0.15) is 11.5 Å². The van der Waals surface area contributed by atoms with E-state index in [0.717, 1.165) is 44.4 Å². The number of anilines is 3. The van der Waals surface area contributed by atoms with Crippen LogP contribution in [0.1, 0.15) is 76.0 Å². The third-order valence-corrected chi connectivity index (χ3v) is 19.9. The van der Waals surface area contributed by atoms with Crippen molar-refractivity contribution >= 4 is 78.8 Å². The Kier molecular flexibility index (Phi) is 8.52. The van der Waals surface area contributed by atoms with Crippen molar-refractivity contribution in [1.29, 1.82) is 0 Å². The lowest BCUT2D eigenvalue weighted by molar-refractivity contribution is 0.487. The topological polar surface area (TPSA) is 46.6 Å². The second kappa shape index (κ2) is 13.5. The Labute approximate surface area is 344 Å². The summed E-state index contributed by atoms with van der Waals surface area (Å²) in [5, 5.41) is 4.15. The first-order valence-corrected chi connectivity index (χ1v) is 24.0. The fourth-order valence-corrected chi connectivity index (χ4v) is 18.5. The molecule has 286 valence electrons. The first-order valence-electron chi connectivity index (χ1n) is 20.5. The summed E-state index contributed by atoms with van der Waals surface area (Å²) in [4.78, 5) is 3.19. The van der Waals surface area contributed by atoms with Crippen molar-refractivity contribution in [2.24, 2.45) is 0 Å². The van der Waals surface area contributed by atoms with Crippen LogP contribution in [0.15, 0.2) is 161 Å². The quantitative estimate of drug-likeness (QED) is 0.166. The second-order valence-electron chi connectivity index (χ2n) is 17.0. The van der Waals surface area contributed by atoms with Crippen molar-refractivity contribution in [3.63, 3.8) is 0 Å². The van der Waals surface area contributed by atoms with Crippen molar-refractivity contribution < 1.29 is 13.2 Å². The Balaban J connectivity index is 1.22. The Bertz CT molecular complexity index is 2790. The molecule has 0 atom stereocenters. The molecule has 0 N–H and O–H groups in total. The van der Waals surface area contributed by atoms with Gasteiger partial charge in [0.2, 0.25) is 9.84 Å². The van der Waals surface area contributed by atoms with Gasteiger partial charge in [0, 0.05) is 23.1 Å². The van der Waals surface area contributed by atoms with Crippen LogP contribution >= 0.6 is 0 Å². The molecule has 58 heavy (non-hydrogen) atoms. The van der Waals surface area contributed by atoms with E-state index < -0.39 is 17.9 Å². The van der Waals surface area contributed by atoms with E-state index in [-0.39, 0.29) is 6.71 Å². The van der Waals surface area contributed by atoms with E-state index in [1.165, 1.54) is 38.0 Å². The summed E-state index contributed by atoms with van der Waals surface area (Å²) in [6.07, 6.45) is 0. The molecule has 10 rings (SSSR count). The van der Waals surface area contributed by atoms with E-state index >= 15 is 0 Å². The standard InChI is InChI=1S/C51H46BNO3SSi/c1-32(2)35-29-37(33(3)4)51(38(30-35)34(5)6)52-39-17-7-10-20-43(39)56-44-31-36(27-28-40(44)52)53-41-18-8-13-23-47(41)58(48-24-14-9-19-42(48)53)49-25-15-11-21-45(49)57(54,55)46-22-12-16-26-50(46)58/h7-34H,1-6H3. The molecule has 0 saturated heterocycles. The Morgan fingerprint density at radius 3 is 1.55 bits per heavy atom. The minimum atomic E-state index is -3.73. The average molecular weight is 792 g/mol. The maximum atomic E-state index is 14.3. The number of para-hydroxylation sites is 3. The van der Waals surface area contributed by atoms with Crippen molar-refractivity contribution in [2.75, 3.05) is 4.90 Å². The molecule has 3 aliphatic heterocycles. The average Bonchev–Trinajstić information content (AvgIpc) is 3.23. The number of ether oxygens (including phenoxy) is 1. The Morgan fingerprint density at radius 2 is 1.00 bits per heavy atom. The zero-order valence-corrected chi connectivity index (χ0v) is 35.6. The van der Waals surface area contributed by atoms with Crippen molar-refractivity contribution in [2.45, 2.75) is 69.1 Å². The predicted molar refractivity (Wildman–Crippen MR) is 244 cm³/mol. The lowest BCUT2D eigenvalue weighted by Crippen LogP contribution is -2.79. The highest BCUT2D eigenvalue weighted by Gasteiger charge is 2.55. The van der Waals surface area contributed by atoms with Crippen LogP contribution in [-0.4, -0.2) is 23.2 Å². The number of hydrogen-bond donors (Lipinski definition) is 0. The second-order valence-corrected chi connectivity index (χ2v) is 22.5. The molecule has 0 amide bonds. The van der Waals surface area contributed by atoms with E-state index in [1.807, 2.05) is 24.3 Å². The molecule has 7 aromatic carbocycles. The zero-order chi connectivity index (χ0) is 40.1. The molecule has 3 aliphatic rings. The summed E-state index contributed by atoms with van der Waals surface area (Å²) < 4.78 is 35.6. The largest absolute Gasteiger partial charge is 0.458 e. The van der Waals surface area contributed by atoms with Crippen LogP contribution < -0.4 is 46.8 Å². The molecule has 0 unspecified atom stereocenters. The van der Waals surface area contributed by atoms with Crippen molar-refractivity contribution in [1.82, 2.24) is 0 Å². The van der Waals surface area contributed by atoms with Crippen LogP contribution in [0.4, 0.5) is 17.1 Å². The summed E-state index contributed by atoms with van der Waals surface area (Å²) in [7, 11) is -6.88. The van der Waals surface area contributed by atoms with E-state index in [1.54, 1.807) is 12.1 Å². The summed E-state index contributed by atoms with van der Waals surface area (Å²) in [5.74, 6) is 2.85. The summed E-state index contributed by atoms with van der Waals surface area (Å²) in [6, 6.07) is 52.9. The van der Waals surface area contributed by atoms with E-state index in [4.69, 9.17) is 4.74 Å². The molecule has 3 heterocycles. The molecule has 0 radical (unpaired) electrons. The third kappa shape index (κ3) is 5.15. The zero-order valence-electron chi connectivity index (χ0n) is 33.8. The van der Waals surface area contributed by atoms with Gasteiger partial charge in [-0.05, 0) is 103 Å². The molecule has 0 fully saturated rings. The van der Waals surface area contributed by atoms with Crippen LogP contribution in [-0.2, 0) is 9.84 Å². The van der Waals surface area contributed by atoms with Gasteiger partial charge in [-0.1, -0.05) is 156 Å². The smallest absolute Gasteiger partial charge is 0.251 e. The molecule has 7 aromatic rings. The van der Waals surface area contributed by atoms with Gasteiger partial charge < -0.3 is 9.64 Å². The molecule has 0 saturated carbocycles. The third-order valence-electron chi connectivity index (χ3n) is 12.7.